The SMILES string of the molecule is O=C1CCC(N2Cc3c(CNC4CCC(N5CCNCC5)CC4)cccc3C2=O)C(=O)N1. The first-order valence-electron chi connectivity index (χ1n) is 12.0. The number of benzene rings is 1. The quantitative estimate of drug-likeness (QED) is 0.587. The normalized spacial score (nSPS) is 29.2. The number of amides is 3. The van der Waals surface area contributed by atoms with E-state index in [9.17, 15) is 14.4 Å². The lowest BCUT2D eigenvalue weighted by Gasteiger charge is -2.39. The predicted octanol–water partition coefficient (Wildman–Crippen LogP) is 0.754. The van der Waals surface area contributed by atoms with E-state index < -0.39 is 6.04 Å². The molecule has 3 N–H and O–H groups in total. The second kappa shape index (κ2) is 9.29. The fourth-order valence-corrected chi connectivity index (χ4v) is 5.76. The highest BCUT2D eigenvalue weighted by molar-refractivity contribution is 6.05. The summed E-state index contributed by atoms with van der Waals surface area (Å²) in [7, 11) is 0. The Morgan fingerprint density at radius 1 is 1.00 bits per heavy atom. The molecule has 172 valence electrons. The molecule has 3 amide bonds. The summed E-state index contributed by atoms with van der Waals surface area (Å²) >= 11 is 0. The zero-order chi connectivity index (χ0) is 22.1. The molecule has 32 heavy (non-hydrogen) atoms. The van der Waals surface area contributed by atoms with Gasteiger partial charge in [0.15, 0.2) is 0 Å². The van der Waals surface area contributed by atoms with Gasteiger partial charge in [-0.2, -0.15) is 0 Å². The van der Waals surface area contributed by atoms with Gasteiger partial charge in [-0.3, -0.25) is 24.6 Å². The zero-order valence-electron chi connectivity index (χ0n) is 18.6. The summed E-state index contributed by atoms with van der Waals surface area (Å²) in [4.78, 5) is 41.1. The molecule has 3 fully saturated rings. The number of imide groups is 1. The Hall–Kier alpha value is -2.29. The van der Waals surface area contributed by atoms with E-state index in [4.69, 9.17) is 0 Å². The summed E-state index contributed by atoms with van der Waals surface area (Å²) in [6.07, 6.45) is 5.53. The molecule has 1 aromatic rings. The Balaban J connectivity index is 1.18. The smallest absolute Gasteiger partial charge is 0.255 e. The number of hydrogen-bond acceptors (Lipinski definition) is 6. The molecule has 0 bridgehead atoms. The largest absolute Gasteiger partial charge is 0.322 e. The van der Waals surface area contributed by atoms with Crippen molar-refractivity contribution in [3.8, 4) is 0 Å². The molecule has 8 heteroatoms. The summed E-state index contributed by atoms with van der Waals surface area (Å²) in [6, 6.07) is 6.53. The number of carbonyl (C=O) groups excluding carboxylic acids is 3. The lowest BCUT2D eigenvalue weighted by molar-refractivity contribution is -0.136. The van der Waals surface area contributed by atoms with Gasteiger partial charge in [-0.15, -0.1) is 0 Å². The van der Waals surface area contributed by atoms with E-state index in [0.29, 0.717) is 24.6 Å². The minimum absolute atomic E-state index is 0.104. The number of piperazine rings is 1. The van der Waals surface area contributed by atoms with Crippen LogP contribution in [-0.2, 0) is 22.7 Å². The molecule has 1 unspecified atom stereocenters. The van der Waals surface area contributed by atoms with Crippen LogP contribution in [0.2, 0.25) is 0 Å². The Morgan fingerprint density at radius 2 is 1.78 bits per heavy atom. The molecule has 1 atom stereocenters. The van der Waals surface area contributed by atoms with E-state index in [0.717, 1.165) is 49.9 Å². The average Bonchev–Trinajstić information content (AvgIpc) is 3.15. The Bertz CT molecular complexity index is 890. The Morgan fingerprint density at radius 3 is 2.53 bits per heavy atom. The van der Waals surface area contributed by atoms with Crippen molar-refractivity contribution < 1.29 is 14.4 Å². The molecule has 0 spiro atoms. The van der Waals surface area contributed by atoms with Crippen LogP contribution in [-0.4, -0.2) is 71.8 Å². The van der Waals surface area contributed by atoms with Crippen LogP contribution < -0.4 is 16.0 Å². The monoisotopic (exact) mass is 439 g/mol. The standard InChI is InChI=1S/C24H33N5O3/c30-22-9-8-21(23(31)27-22)29-15-20-16(2-1-3-19(20)24(29)32)14-26-17-4-6-18(7-5-17)28-12-10-25-11-13-28/h1-3,17-18,21,25-26H,4-15H2,(H,27,30,31). The van der Waals surface area contributed by atoms with Gasteiger partial charge in [0.2, 0.25) is 11.8 Å². The average molecular weight is 440 g/mol. The van der Waals surface area contributed by atoms with Gasteiger partial charge >= 0.3 is 0 Å². The first-order valence-corrected chi connectivity index (χ1v) is 12.0. The highest BCUT2D eigenvalue weighted by atomic mass is 16.2. The van der Waals surface area contributed by atoms with Crippen LogP contribution in [0.3, 0.4) is 0 Å². The summed E-state index contributed by atoms with van der Waals surface area (Å²) in [5.74, 6) is -0.719. The molecule has 4 aliphatic rings. The van der Waals surface area contributed by atoms with E-state index in [2.05, 4.69) is 26.9 Å². The maximum Gasteiger partial charge on any atom is 0.255 e. The van der Waals surface area contributed by atoms with Crippen LogP contribution in [0.25, 0.3) is 0 Å². The van der Waals surface area contributed by atoms with Gasteiger partial charge in [-0.25, -0.2) is 0 Å². The molecule has 3 heterocycles. The summed E-state index contributed by atoms with van der Waals surface area (Å²) in [6.45, 7) is 5.71. The van der Waals surface area contributed by atoms with Crippen LogP contribution in [0.4, 0.5) is 0 Å². The van der Waals surface area contributed by atoms with Crippen LogP contribution in [0.5, 0.6) is 0 Å². The number of hydrogen-bond donors (Lipinski definition) is 3. The number of nitrogens with one attached hydrogen (secondary N) is 3. The number of fused-ring (bicyclic) bond motifs is 1. The lowest BCUT2D eigenvalue weighted by atomic mass is 9.89. The van der Waals surface area contributed by atoms with Crippen molar-refractivity contribution in [3.05, 3.63) is 34.9 Å². The maximum atomic E-state index is 13.0. The van der Waals surface area contributed by atoms with Crippen molar-refractivity contribution in [1.29, 1.82) is 0 Å². The van der Waals surface area contributed by atoms with Crippen molar-refractivity contribution in [2.75, 3.05) is 26.2 Å². The van der Waals surface area contributed by atoms with Crippen molar-refractivity contribution in [3.63, 3.8) is 0 Å². The fraction of sp³-hybridized carbons (Fsp3) is 0.625. The molecule has 0 radical (unpaired) electrons. The van der Waals surface area contributed by atoms with Gasteiger partial charge in [-0.1, -0.05) is 12.1 Å². The number of piperidine rings is 1. The first kappa shape index (κ1) is 21.6. The van der Waals surface area contributed by atoms with Crippen LogP contribution in [0.1, 0.15) is 60.0 Å². The van der Waals surface area contributed by atoms with Gasteiger partial charge in [0.05, 0.1) is 0 Å². The lowest BCUT2D eigenvalue weighted by Crippen LogP contribution is -2.52. The molecule has 3 aliphatic heterocycles. The van der Waals surface area contributed by atoms with E-state index in [1.54, 1.807) is 4.90 Å². The van der Waals surface area contributed by atoms with Crippen molar-refractivity contribution in [1.82, 2.24) is 25.8 Å². The number of nitrogens with zero attached hydrogens (tertiary/aromatic N) is 2. The molecule has 2 saturated heterocycles. The first-order chi connectivity index (χ1) is 15.6. The van der Waals surface area contributed by atoms with Crippen LogP contribution >= 0.6 is 0 Å². The third-order valence-corrected chi connectivity index (χ3v) is 7.62. The van der Waals surface area contributed by atoms with Crippen LogP contribution in [0, 0.1) is 0 Å². The summed E-state index contributed by atoms with van der Waals surface area (Å²) < 4.78 is 0. The topological polar surface area (TPSA) is 93.8 Å². The van der Waals surface area contributed by atoms with Gasteiger partial charge in [0.25, 0.3) is 5.91 Å². The number of carbonyl (C=O) groups is 3. The predicted molar refractivity (Wildman–Crippen MR) is 120 cm³/mol. The third kappa shape index (κ3) is 4.31. The second-order valence-corrected chi connectivity index (χ2v) is 9.52. The van der Waals surface area contributed by atoms with Crippen LogP contribution in [0.15, 0.2) is 18.2 Å². The minimum Gasteiger partial charge on any atom is -0.322 e. The third-order valence-electron chi connectivity index (χ3n) is 7.62. The fourth-order valence-electron chi connectivity index (χ4n) is 5.76. The molecule has 8 nitrogen and oxygen atoms in total. The molecule has 1 aliphatic carbocycles. The molecular weight excluding hydrogens is 406 g/mol. The van der Waals surface area contributed by atoms with Crippen molar-refractivity contribution in [2.45, 2.75) is 69.7 Å². The van der Waals surface area contributed by atoms with Crippen molar-refractivity contribution in [2.24, 2.45) is 0 Å². The Labute approximate surface area is 189 Å². The summed E-state index contributed by atoms with van der Waals surface area (Å²) in [5.41, 5.74) is 2.84. The highest BCUT2D eigenvalue weighted by Crippen LogP contribution is 2.30. The van der Waals surface area contributed by atoms with Gasteiger partial charge < -0.3 is 15.5 Å². The molecular formula is C24H33N5O3. The van der Waals surface area contributed by atoms with Gasteiger partial charge in [0.1, 0.15) is 6.04 Å². The molecule has 1 aromatic carbocycles. The molecule has 0 aromatic heterocycles. The van der Waals surface area contributed by atoms with E-state index >= 15 is 0 Å². The van der Waals surface area contributed by atoms with Gasteiger partial charge in [-0.05, 0) is 49.3 Å². The molecule has 5 rings (SSSR count). The van der Waals surface area contributed by atoms with E-state index in [-0.39, 0.29) is 24.1 Å². The Kier molecular flexibility index (Phi) is 6.26. The maximum absolute atomic E-state index is 13.0. The highest BCUT2D eigenvalue weighted by Gasteiger charge is 2.39. The van der Waals surface area contributed by atoms with Crippen molar-refractivity contribution >= 4 is 17.7 Å². The number of rotatable bonds is 5. The zero-order valence-corrected chi connectivity index (χ0v) is 18.6. The minimum atomic E-state index is -0.561. The van der Waals surface area contributed by atoms with E-state index in [1.807, 2.05) is 12.1 Å². The van der Waals surface area contributed by atoms with E-state index in [1.165, 1.54) is 25.7 Å². The summed E-state index contributed by atoms with van der Waals surface area (Å²) in [5, 5.41) is 9.54. The van der Waals surface area contributed by atoms with Gasteiger partial charge in [0, 0.05) is 63.3 Å². The molecule has 1 saturated carbocycles. The second-order valence-electron chi connectivity index (χ2n) is 9.52.